The van der Waals surface area contributed by atoms with Crippen molar-refractivity contribution in [3.8, 4) is 5.75 Å². The number of nitrogens with zero attached hydrogens (tertiary/aromatic N) is 2. The number of likely N-dealkylation sites (tertiary alicyclic amines) is 1. The molecular formula is C18H17N3O6. The Hall–Kier alpha value is -3.23. The molecule has 0 unspecified atom stereocenters. The van der Waals surface area contributed by atoms with Gasteiger partial charge in [-0.25, -0.2) is 0 Å². The van der Waals surface area contributed by atoms with Gasteiger partial charge in [0.1, 0.15) is 12.3 Å². The number of allylic oxidation sites excluding steroid dienone is 2. The topological polar surface area (TPSA) is 119 Å². The summed E-state index contributed by atoms with van der Waals surface area (Å²) in [6.07, 6.45) is 4.78. The predicted molar refractivity (Wildman–Crippen MR) is 92.7 cm³/mol. The molecule has 1 saturated heterocycles. The molecule has 2 aliphatic carbocycles. The number of anilines is 1. The molecule has 9 nitrogen and oxygen atoms in total. The molecule has 140 valence electrons. The molecular weight excluding hydrogens is 354 g/mol. The van der Waals surface area contributed by atoms with Gasteiger partial charge in [-0.05, 0) is 24.3 Å². The van der Waals surface area contributed by atoms with Crippen LogP contribution in [0, 0.1) is 33.8 Å². The van der Waals surface area contributed by atoms with Crippen molar-refractivity contribution in [3.05, 3.63) is 40.5 Å². The summed E-state index contributed by atoms with van der Waals surface area (Å²) in [5.41, 5.74) is -0.102. The molecule has 4 atom stereocenters. The third-order valence-electron chi connectivity index (χ3n) is 5.53. The number of nitro groups is 1. The number of amides is 3. The summed E-state index contributed by atoms with van der Waals surface area (Å²) >= 11 is 0. The molecule has 1 saturated carbocycles. The molecule has 0 radical (unpaired) electrons. The molecule has 1 aromatic carbocycles. The van der Waals surface area contributed by atoms with Crippen LogP contribution in [0.1, 0.15) is 6.42 Å². The second-order valence-corrected chi connectivity index (χ2v) is 6.95. The lowest BCUT2D eigenvalue weighted by molar-refractivity contribution is -0.384. The fourth-order valence-electron chi connectivity index (χ4n) is 4.36. The Bertz CT molecular complexity index is 865. The Morgan fingerprint density at radius 3 is 2.44 bits per heavy atom. The standard InChI is InChI=1S/C18H17N3O6/c1-27-13-5-4-11(21(25)26)7-12(13)19-14(22)8-20-17(23)15-9-2-3-10(6-9)16(15)18(20)24/h2-5,7,9-10,15-16H,6,8H2,1H3,(H,19,22)/t9-,10-,15-,16-/m0/s1. The summed E-state index contributed by atoms with van der Waals surface area (Å²) in [5.74, 6) is -1.60. The largest absolute Gasteiger partial charge is 0.495 e. The van der Waals surface area contributed by atoms with Gasteiger partial charge >= 0.3 is 0 Å². The first-order valence-electron chi connectivity index (χ1n) is 8.56. The van der Waals surface area contributed by atoms with Crippen molar-refractivity contribution >= 4 is 29.1 Å². The van der Waals surface area contributed by atoms with Gasteiger partial charge in [-0.3, -0.25) is 29.4 Å². The molecule has 1 aliphatic heterocycles. The van der Waals surface area contributed by atoms with Gasteiger partial charge in [0.05, 0.1) is 29.6 Å². The third-order valence-corrected chi connectivity index (χ3v) is 5.53. The van der Waals surface area contributed by atoms with Crippen molar-refractivity contribution in [2.75, 3.05) is 19.0 Å². The first kappa shape index (κ1) is 17.2. The number of hydrogen-bond donors (Lipinski definition) is 1. The van der Waals surface area contributed by atoms with E-state index in [4.69, 9.17) is 4.74 Å². The fourth-order valence-corrected chi connectivity index (χ4v) is 4.36. The second-order valence-electron chi connectivity index (χ2n) is 6.95. The van der Waals surface area contributed by atoms with E-state index in [0.29, 0.717) is 0 Å². The van der Waals surface area contributed by atoms with Gasteiger partial charge in [-0.15, -0.1) is 0 Å². The molecule has 9 heteroatoms. The number of non-ortho nitro benzene ring substituents is 1. The fraction of sp³-hybridized carbons (Fsp3) is 0.389. The lowest BCUT2D eigenvalue weighted by Crippen LogP contribution is -2.39. The van der Waals surface area contributed by atoms with Crippen LogP contribution in [-0.4, -0.2) is 41.2 Å². The van der Waals surface area contributed by atoms with Crippen molar-refractivity contribution in [1.29, 1.82) is 0 Å². The predicted octanol–water partition coefficient (Wildman–Crippen LogP) is 1.35. The highest BCUT2D eigenvalue weighted by Gasteiger charge is 2.59. The number of benzene rings is 1. The molecule has 1 N–H and O–H groups in total. The molecule has 1 heterocycles. The Kier molecular flexibility index (Phi) is 3.94. The molecule has 4 rings (SSSR count). The summed E-state index contributed by atoms with van der Waals surface area (Å²) in [7, 11) is 1.37. The van der Waals surface area contributed by atoms with Gasteiger partial charge < -0.3 is 10.1 Å². The van der Waals surface area contributed by atoms with Crippen molar-refractivity contribution in [2.45, 2.75) is 6.42 Å². The number of carbonyl (C=O) groups is 3. The van der Waals surface area contributed by atoms with Crippen LogP contribution in [0.25, 0.3) is 0 Å². The normalized spacial score (nSPS) is 27.8. The molecule has 3 aliphatic rings. The summed E-state index contributed by atoms with van der Waals surface area (Å²) in [5, 5.41) is 13.4. The average molecular weight is 371 g/mol. The minimum Gasteiger partial charge on any atom is -0.495 e. The van der Waals surface area contributed by atoms with Crippen LogP contribution in [0.4, 0.5) is 11.4 Å². The number of fused-ring (bicyclic) bond motifs is 5. The van der Waals surface area contributed by atoms with Gasteiger partial charge in [-0.1, -0.05) is 12.2 Å². The van der Waals surface area contributed by atoms with Crippen molar-refractivity contribution in [3.63, 3.8) is 0 Å². The number of nitrogens with one attached hydrogen (secondary N) is 1. The van der Waals surface area contributed by atoms with Crippen molar-refractivity contribution < 1.29 is 24.0 Å². The zero-order valence-corrected chi connectivity index (χ0v) is 14.5. The maximum atomic E-state index is 12.6. The zero-order chi connectivity index (χ0) is 19.3. The van der Waals surface area contributed by atoms with Crippen LogP contribution in [0.15, 0.2) is 30.4 Å². The molecule has 0 spiro atoms. The lowest BCUT2D eigenvalue weighted by Gasteiger charge is -2.17. The Balaban J connectivity index is 1.49. The Morgan fingerprint density at radius 2 is 1.89 bits per heavy atom. The maximum absolute atomic E-state index is 12.6. The average Bonchev–Trinajstić information content (AvgIpc) is 3.31. The molecule has 0 aromatic heterocycles. The van der Waals surface area contributed by atoms with Crippen LogP contribution in [0.3, 0.4) is 0 Å². The van der Waals surface area contributed by atoms with E-state index >= 15 is 0 Å². The number of ether oxygens (including phenoxy) is 1. The van der Waals surface area contributed by atoms with E-state index < -0.39 is 17.4 Å². The number of hydrogen-bond acceptors (Lipinski definition) is 6. The van der Waals surface area contributed by atoms with E-state index in [1.54, 1.807) is 0 Å². The summed E-state index contributed by atoms with van der Waals surface area (Å²) < 4.78 is 5.10. The first-order chi connectivity index (χ1) is 12.9. The Labute approximate surface area is 154 Å². The van der Waals surface area contributed by atoms with E-state index in [2.05, 4.69) is 5.32 Å². The molecule has 2 fully saturated rings. The molecule has 1 aromatic rings. The van der Waals surface area contributed by atoms with Crippen LogP contribution >= 0.6 is 0 Å². The van der Waals surface area contributed by atoms with Crippen LogP contribution in [-0.2, 0) is 14.4 Å². The number of carbonyl (C=O) groups excluding carboxylic acids is 3. The van der Waals surface area contributed by atoms with E-state index in [1.807, 2.05) is 12.2 Å². The van der Waals surface area contributed by atoms with Crippen molar-refractivity contribution in [2.24, 2.45) is 23.7 Å². The van der Waals surface area contributed by atoms with E-state index in [1.165, 1.54) is 25.3 Å². The Morgan fingerprint density at radius 1 is 1.26 bits per heavy atom. The van der Waals surface area contributed by atoms with Crippen LogP contribution in [0.2, 0.25) is 0 Å². The quantitative estimate of drug-likeness (QED) is 0.361. The highest BCUT2D eigenvalue weighted by atomic mass is 16.6. The summed E-state index contributed by atoms with van der Waals surface area (Å²) in [6.45, 7) is -0.421. The van der Waals surface area contributed by atoms with Gasteiger partial charge in [0.2, 0.25) is 17.7 Å². The third kappa shape index (κ3) is 2.66. The first-order valence-corrected chi connectivity index (χ1v) is 8.56. The highest BCUT2D eigenvalue weighted by molar-refractivity contribution is 6.09. The summed E-state index contributed by atoms with van der Waals surface area (Å²) in [4.78, 5) is 49.0. The van der Waals surface area contributed by atoms with E-state index in [9.17, 15) is 24.5 Å². The highest BCUT2D eigenvalue weighted by Crippen LogP contribution is 2.52. The van der Waals surface area contributed by atoms with Gasteiger partial charge in [-0.2, -0.15) is 0 Å². The number of methoxy groups -OCH3 is 1. The van der Waals surface area contributed by atoms with E-state index in [0.717, 1.165) is 11.3 Å². The lowest BCUT2D eigenvalue weighted by atomic mass is 9.85. The smallest absolute Gasteiger partial charge is 0.271 e. The number of imide groups is 1. The van der Waals surface area contributed by atoms with Crippen LogP contribution in [0.5, 0.6) is 5.75 Å². The minimum absolute atomic E-state index is 0.0707. The van der Waals surface area contributed by atoms with Gasteiger partial charge in [0, 0.05) is 12.1 Å². The number of nitro benzene ring substituents is 1. The zero-order valence-electron chi connectivity index (χ0n) is 14.5. The maximum Gasteiger partial charge on any atom is 0.271 e. The second kappa shape index (κ2) is 6.19. The van der Waals surface area contributed by atoms with Crippen molar-refractivity contribution in [1.82, 2.24) is 4.90 Å². The van der Waals surface area contributed by atoms with Gasteiger partial charge in [0.25, 0.3) is 5.69 Å². The monoisotopic (exact) mass is 371 g/mol. The SMILES string of the molecule is COc1ccc([N+](=O)[O-])cc1NC(=O)CN1C(=O)[C@@H]2[C@@H](C1=O)[C@H]1C=C[C@H]2C1. The van der Waals surface area contributed by atoms with Crippen LogP contribution < -0.4 is 10.1 Å². The molecule has 3 amide bonds. The minimum atomic E-state index is -0.615. The number of rotatable bonds is 5. The molecule has 2 bridgehead atoms. The van der Waals surface area contributed by atoms with Gasteiger partial charge in [0.15, 0.2) is 0 Å². The summed E-state index contributed by atoms with van der Waals surface area (Å²) in [6, 6.07) is 3.79. The molecule has 27 heavy (non-hydrogen) atoms. The van der Waals surface area contributed by atoms with E-state index in [-0.39, 0.29) is 52.6 Å².